The molecular weight excluding hydrogens is 339 g/mol. The van der Waals surface area contributed by atoms with Gasteiger partial charge in [-0.1, -0.05) is 0 Å². The second kappa shape index (κ2) is 5.03. The summed E-state index contributed by atoms with van der Waals surface area (Å²) >= 11 is 0. The number of likely N-dealkylation sites (N-methyl/N-ethyl adjacent to an activating group) is 1. The lowest BCUT2D eigenvalue weighted by molar-refractivity contribution is 0.0695. The largest absolute Gasteiger partial charge is 0.477 e. The van der Waals surface area contributed by atoms with Gasteiger partial charge in [0.2, 0.25) is 5.43 Å². The molecule has 8 heteroatoms. The van der Waals surface area contributed by atoms with E-state index < -0.39 is 17.2 Å². The maximum Gasteiger partial charge on any atom is 0.341 e. The van der Waals surface area contributed by atoms with Crippen LogP contribution in [0.4, 0.5) is 10.2 Å². The summed E-state index contributed by atoms with van der Waals surface area (Å²) in [4.78, 5) is 30.3. The molecule has 3 fully saturated rings. The molecule has 0 amide bonds. The molecular formula is C18H19FN4O3. The first-order valence-corrected chi connectivity index (χ1v) is 8.86. The molecule has 2 unspecified atom stereocenters. The summed E-state index contributed by atoms with van der Waals surface area (Å²) in [6, 6.07) is 1.28. The minimum absolute atomic E-state index is 0.0331. The molecule has 2 atom stereocenters. The van der Waals surface area contributed by atoms with Crippen LogP contribution in [-0.4, -0.2) is 46.3 Å². The van der Waals surface area contributed by atoms with Gasteiger partial charge < -0.3 is 19.9 Å². The molecule has 2 saturated carbocycles. The van der Waals surface area contributed by atoms with E-state index in [0.29, 0.717) is 18.1 Å². The summed E-state index contributed by atoms with van der Waals surface area (Å²) in [6.07, 6.45) is 4.25. The number of halogens is 1. The molecule has 0 aromatic carbocycles. The Morgan fingerprint density at radius 2 is 2.23 bits per heavy atom. The fourth-order valence-electron chi connectivity index (χ4n) is 4.27. The molecule has 2 aliphatic carbocycles. The van der Waals surface area contributed by atoms with Gasteiger partial charge in [0, 0.05) is 30.9 Å². The van der Waals surface area contributed by atoms with Crippen molar-refractivity contribution in [3.63, 3.8) is 0 Å². The van der Waals surface area contributed by atoms with Crippen molar-refractivity contribution >= 4 is 22.8 Å². The summed E-state index contributed by atoms with van der Waals surface area (Å²) in [5.74, 6) is -1.14. The number of carboxylic acids is 1. The van der Waals surface area contributed by atoms with E-state index in [9.17, 15) is 19.1 Å². The van der Waals surface area contributed by atoms with E-state index in [4.69, 9.17) is 0 Å². The quantitative estimate of drug-likeness (QED) is 0.858. The van der Waals surface area contributed by atoms with Gasteiger partial charge in [0.1, 0.15) is 11.2 Å². The van der Waals surface area contributed by atoms with Crippen LogP contribution in [0.1, 0.15) is 35.7 Å². The van der Waals surface area contributed by atoms with Gasteiger partial charge in [0.15, 0.2) is 11.6 Å². The van der Waals surface area contributed by atoms with Crippen LogP contribution >= 0.6 is 0 Å². The van der Waals surface area contributed by atoms with Crippen molar-refractivity contribution in [3.8, 4) is 0 Å². The van der Waals surface area contributed by atoms with Gasteiger partial charge in [-0.15, -0.1) is 0 Å². The number of hydrogen-bond donors (Lipinski definition) is 2. The highest BCUT2D eigenvalue weighted by Gasteiger charge is 2.59. The topological polar surface area (TPSA) is 87.5 Å². The molecule has 136 valence electrons. The van der Waals surface area contributed by atoms with Crippen molar-refractivity contribution in [1.29, 1.82) is 0 Å². The summed E-state index contributed by atoms with van der Waals surface area (Å²) < 4.78 is 16.5. The summed E-state index contributed by atoms with van der Waals surface area (Å²) in [7, 11) is 1.92. The average molecular weight is 358 g/mol. The number of piperidine rings is 1. The average Bonchev–Trinajstić information content (AvgIpc) is 3.53. The first-order valence-electron chi connectivity index (χ1n) is 8.86. The normalized spacial score (nSPS) is 27.0. The van der Waals surface area contributed by atoms with Crippen molar-refractivity contribution in [2.45, 2.75) is 30.8 Å². The zero-order chi connectivity index (χ0) is 18.2. The van der Waals surface area contributed by atoms with Crippen molar-refractivity contribution in [2.75, 3.05) is 25.0 Å². The van der Waals surface area contributed by atoms with E-state index >= 15 is 0 Å². The third-order valence-corrected chi connectivity index (χ3v) is 6.05. The number of nitrogens with zero attached hydrogens (tertiary/aromatic N) is 3. The lowest BCUT2D eigenvalue weighted by Gasteiger charge is -2.23. The Morgan fingerprint density at radius 1 is 1.46 bits per heavy atom. The molecule has 2 aromatic rings. The van der Waals surface area contributed by atoms with Gasteiger partial charge in [-0.3, -0.25) is 4.79 Å². The number of rotatable bonds is 4. The SMILES string of the molecule is CNC12CC1CN(c1nc3c(cc1F)c(=O)c(C(=O)O)cn3C1CC1)C2. The van der Waals surface area contributed by atoms with Crippen molar-refractivity contribution in [1.82, 2.24) is 14.9 Å². The number of nitrogens with one attached hydrogen (secondary N) is 1. The van der Waals surface area contributed by atoms with Crippen LogP contribution in [0.3, 0.4) is 0 Å². The second-order valence-corrected chi connectivity index (χ2v) is 7.67. The predicted octanol–water partition coefficient (Wildman–Crippen LogP) is 1.37. The number of fused-ring (bicyclic) bond motifs is 2. The molecule has 26 heavy (non-hydrogen) atoms. The molecule has 1 saturated heterocycles. The number of pyridine rings is 2. The fourth-order valence-corrected chi connectivity index (χ4v) is 4.27. The molecule has 2 N–H and O–H groups in total. The van der Waals surface area contributed by atoms with Crippen molar-refractivity contribution in [3.05, 3.63) is 33.9 Å². The predicted molar refractivity (Wildman–Crippen MR) is 93.3 cm³/mol. The van der Waals surface area contributed by atoms with E-state index in [0.717, 1.165) is 31.9 Å². The Hall–Kier alpha value is -2.48. The number of carboxylic acid groups (broad SMARTS) is 1. The molecule has 3 aliphatic rings. The molecule has 7 nitrogen and oxygen atoms in total. The van der Waals surface area contributed by atoms with E-state index in [1.54, 1.807) is 4.57 Å². The third kappa shape index (κ3) is 2.11. The van der Waals surface area contributed by atoms with Gasteiger partial charge >= 0.3 is 5.97 Å². The minimum Gasteiger partial charge on any atom is -0.477 e. The first-order chi connectivity index (χ1) is 12.4. The van der Waals surface area contributed by atoms with Crippen LogP contribution in [0.25, 0.3) is 11.0 Å². The first kappa shape index (κ1) is 15.7. The van der Waals surface area contributed by atoms with E-state index in [1.165, 1.54) is 6.20 Å². The van der Waals surface area contributed by atoms with Crippen LogP contribution in [0.15, 0.2) is 17.1 Å². The third-order valence-electron chi connectivity index (χ3n) is 6.05. The Bertz CT molecular complexity index is 1010. The number of hydrogen-bond acceptors (Lipinski definition) is 5. The monoisotopic (exact) mass is 358 g/mol. The van der Waals surface area contributed by atoms with Gasteiger partial charge in [-0.2, -0.15) is 0 Å². The van der Waals surface area contributed by atoms with Crippen LogP contribution < -0.4 is 15.6 Å². The molecule has 0 radical (unpaired) electrons. The fraction of sp³-hybridized carbons (Fsp3) is 0.500. The summed E-state index contributed by atoms with van der Waals surface area (Å²) in [6.45, 7) is 1.42. The standard InChI is InChI=1S/C18H19FN4O3/c1-20-18-5-9(18)6-22(8-18)16-13(19)4-11-14(24)12(17(25)26)7-23(10-2-3-10)15(11)21-16/h4,7,9-10,20H,2-3,5-6,8H2,1H3,(H,25,26). The highest BCUT2D eigenvalue weighted by molar-refractivity contribution is 5.92. The van der Waals surface area contributed by atoms with Crippen LogP contribution in [0.5, 0.6) is 0 Å². The molecule has 0 bridgehead atoms. The van der Waals surface area contributed by atoms with Gasteiger partial charge in [-0.05, 0) is 38.3 Å². The van der Waals surface area contributed by atoms with Crippen molar-refractivity contribution in [2.24, 2.45) is 5.92 Å². The highest BCUT2D eigenvalue weighted by atomic mass is 19.1. The number of anilines is 1. The van der Waals surface area contributed by atoms with Crippen LogP contribution in [-0.2, 0) is 0 Å². The number of carbonyl (C=O) groups is 1. The smallest absolute Gasteiger partial charge is 0.341 e. The Kier molecular flexibility index (Phi) is 3.05. The Morgan fingerprint density at radius 3 is 2.85 bits per heavy atom. The van der Waals surface area contributed by atoms with Crippen LogP contribution in [0, 0.1) is 11.7 Å². The zero-order valence-electron chi connectivity index (χ0n) is 14.3. The maximum absolute atomic E-state index is 14.8. The van der Waals surface area contributed by atoms with E-state index in [-0.39, 0.29) is 28.3 Å². The molecule has 0 spiro atoms. The summed E-state index contributed by atoms with van der Waals surface area (Å²) in [5, 5.41) is 12.7. The Balaban J connectivity index is 1.67. The molecule has 2 aromatic heterocycles. The van der Waals surface area contributed by atoms with Gasteiger partial charge in [-0.25, -0.2) is 14.2 Å². The lowest BCUT2D eigenvalue weighted by atomic mass is 10.2. The van der Waals surface area contributed by atoms with Gasteiger partial charge in [0.25, 0.3) is 0 Å². The molecule has 5 rings (SSSR count). The van der Waals surface area contributed by atoms with E-state index in [1.807, 2.05) is 11.9 Å². The molecule has 1 aliphatic heterocycles. The lowest BCUT2D eigenvalue weighted by Crippen LogP contribution is -2.36. The zero-order valence-corrected chi connectivity index (χ0v) is 14.3. The number of aromatic nitrogens is 2. The minimum atomic E-state index is -1.30. The second-order valence-electron chi connectivity index (χ2n) is 7.67. The van der Waals surface area contributed by atoms with E-state index in [2.05, 4.69) is 10.3 Å². The number of aromatic carboxylic acids is 1. The van der Waals surface area contributed by atoms with Gasteiger partial charge in [0.05, 0.1) is 5.39 Å². The maximum atomic E-state index is 14.8. The molecule has 3 heterocycles. The van der Waals surface area contributed by atoms with Crippen molar-refractivity contribution < 1.29 is 14.3 Å². The summed E-state index contributed by atoms with van der Waals surface area (Å²) in [5.41, 5.74) is -0.599. The van der Waals surface area contributed by atoms with Crippen LogP contribution in [0.2, 0.25) is 0 Å². The Labute approximate surface area is 148 Å². The highest BCUT2D eigenvalue weighted by Crippen LogP contribution is 2.50.